The second-order valence-electron chi connectivity index (χ2n) is 4.08. The van der Waals surface area contributed by atoms with Crippen LogP contribution in [-0.2, 0) is 0 Å². The molecule has 8 heteroatoms. The number of nitro groups is 1. The number of likely N-dealkylation sites (N-methyl/N-ethyl adjacent to an activating group) is 1. The van der Waals surface area contributed by atoms with E-state index in [9.17, 15) is 19.7 Å². The molecule has 0 radical (unpaired) electrons. The van der Waals surface area contributed by atoms with E-state index in [0.29, 0.717) is 6.54 Å². The molecule has 8 nitrogen and oxygen atoms in total. The van der Waals surface area contributed by atoms with E-state index in [1.807, 2.05) is 0 Å². The molecule has 1 aliphatic rings. The quantitative estimate of drug-likeness (QED) is 0.342. The SMILES string of the molecule is CNCCN1C(=O)c2cc(N)c([N+](=O)[O-])cc2C1=O. The van der Waals surface area contributed by atoms with Crippen molar-refractivity contribution in [3.63, 3.8) is 0 Å². The lowest BCUT2D eigenvalue weighted by molar-refractivity contribution is -0.383. The highest BCUT2D eigenvalue weighted by Crippen LogP contribution is 2.31. The number of nitrogens with zero attached hydrogens (tertiary/aromatic N) is 2. The monoisotopic (exact) mass is 264 g/mol. The zero-order valence-electron chi connectivity index (χ0n) is 10.2. The number of rotatable bonds is 4. The van der Waals surface area contributed by atoms with Gasteiger partial charge in [0, 0.05) is 19.2 Å². The van der Waals surface area contributed by atoms with Crippen LogP contribution in [0.1, 0.15) is 20.7 Å². The van der Waals surface area contributed by atoms with Crippen LogP contribution < -0.4 is 11.1 Å². The van der Waals surface area contributed by atoms with E-state index in [0.717, 1.165) is 11.0 Å². The number of nitro benzene ring substituents is 1. The molecule has 0 saturated heterocycles. The number of fused-ring (bicyclic) bond motifs is 1. The maximum Gasteiger partial charge on any atom is 0.292 e. The third-order valence-corrected chi connectivity index (χ3v) is 2.90. The predicted octanol–water partition coefficient (Wildman–Crippen LogP) is -0.00760. The Morgan fingerprint density at radius 3 is 2.42 bits per heavy atom. The molecule has 100 valence electrons. The highest BCUT2D eigenvalue weighted by atomic mass is 16.6. The first-order chi connectivity index (χ1) is 8.97. The van der Waals surface area contributed by atoms with E-state index in [1.54, 1.807) is 7.05 Å². The number of hydrogen-bond donors (Lipinski definition) is 2. The van der Waals surface area contributed by atoms with Gasteiger partial charge in [0.25, 0.3) is 17.5 Å². The lowest BCUT2D eigenvalue weighted by atomic mass is 10.1. The van der Waals surface area contributed by atoms with Crippen LogP contribution >= 0.6 is 0 Å². The predicted molar refractivity (Wildman–Crippen MR) is 66.8 cm³/mol. The van der Waals surface area contributed by atoms with Gasteiger partial charge in [-0.1, -0.05) is 0 Å². The fourth-order valence-electron chi connectivity index (χ4n) is 1.93. The lowest BCUT2D eigenvalue weighted by Gasteiger charge is -2.12. The van der Waals surface area contributed by atoms with Gasteiger partial charge in [0.2, 0.25) is 0 Å². The second kappa shape index (κ2) is 4.65. The third kappa shape index (κ3) is 2.02. The lowest BCUT2D eigenvalue weighted by Crippen LogP contribution is -2.35. The summed E-state index contributed by atoms with van der Waals surface area (Å²) in [5, 5.41) is 13.6. The summed E-state index contributed by atoms with van der Waals surface area (Å²) < 4.78 is 0. The second-order valence-corrected chi connectivity index (χ2v) is 4.08. The smallest absolute Gasteiger partial charge is 0.292 e. The highest BCUT2D eigenvalue weighted by molar-refractivity contribution is 6.22. The highest BCUT2D eigenvalue weighted by Gasteiger charge is 2.37. The van der Waals surface area contributed by atoms with Crippen LogP contribution in [0.2, 0.25) is 0 Å². The molecule has 19 heavy (non-hydrogen) atoms. The van der Waals surface area contributed by atoms with Gasteiger partial charge in [-0.15, -0.1) is 0 Å². The molecular formula is C11H12N4O4. The van der Waals surface area contributed by atoms with Gasteiger partial charge in [-0.05, 0) is 13.1 Å². The molecule has 0 saturated carbocycles. The summed E-state index contributed by atoms with van der Waals surface area (Å²) in [5.74, 6) is -1.00. The Bertz CT molecular complexity index is 584. The number of hydrogen-bond acceptors (Lipinski definition) is 6. The van der Waals surface area contributed by atoms with Gasteiger partial charge in [-0.3, -0.25) is 24.6 Å². The maximum absolute atomic E-state index is 12.0. The van der Waals surface area contributed by atoms with Crippen molar-refractivity contribution in [3.8, 4) is 0 Å². The largest absolute Gasteiger partial charge is 0.393 e. The molecule has 1 aromatic carbocycles. The minimum Gasteiger partial charge on any atom is -0.393 e. The van der Waals surface area contributed by atoms with Crippen molar-refractivity contribution in [3.05, 3.63) is 33.4 Å². The molecule has 2 rings (SSSR count). The van der Waals surface area contributed by atoms with Crippen LogP contribution in [0.15, 0.2) is 12.1 Å². The molecule has 1 aromatic rings. The van der Waals surface area contributed by atoms with Crippen LogP contribution in [0, 0.1) is 10.1 Å². The van der Waals surface area contributed by atoms with E-state index in [2.05, 4.69) is 5.32 Å². The zero-order chi connectivity index (χ0) is 14.2. The van der Waals surface area contributed by atoms with Gasteiger partial charge in [-0.25, -0.2) is 0 Å². The summed E-state index contributed by atoms with van der Waals surface area (Å²) in [7, 11) is 1.70. The van der Waals surface area contributed by atoms with Gasteiger partial charge in [0.15, 0.2) is 0 Å². The van der Waals surface area contributed by atoms with Crippen LogP contribution in [-0.4, -0.2) is 41.8 Å². The Morgan fingerprint density at radius 1 is 1.32 bits per heavy atom. The summed E-state index contributed by atoms with van der Waals surface area (Å²) >= 11 is 0. The molecule has 3 N–H and O–H groups in total. The molecule has 0 fully saturated rings. The zero-order valence-corrected chi connectivity index (χ0v) is 10.2. The van der Waals surface area contributed by atoms with E-state index in [1.165, 1.54) is 6.07 Å². The van der Waals surface area contributed by atoms with Crippen molar-refractivity contribution in [1.29, 1.82) is 0 Å². The Balaban J connectivity index is 2.45. The first-order valence-electron chi connectivity index (χ1n) is 5.56. The average molecular weight is 264 g/mol. The molecule has 0 unspecified atom stereocenters. The molecule has 0 bridgehead atoms. The average Bonchev–Trinajstić information content (AvgIpc) is 2.58. The Labute approximate surface area is 108 Å². The fraction of sp³-hybridized carbons (Fsp3) is 0.273. The van der Waals surface area contributed by atoms with Crippen molar-refractivity contribution in [2.24, 2.45) is 0 Å². The first-order valence-corrected chi connectivity index (χ1v) is 5.56. The van der Waals surface area contributed by atoms with Crippen LogP contribution in [0.4, 0.5) is 11.4 Å². The maximum atomic E-state index is 12.0. The number of carbonyl (C=O) groups is 2. The van der Waals surface area contributed by atoms with Crippen molar-refractivity contribution >= 4 is 23.2 Å². The van der Waals surface area contributed by atoms with Crippen LogP contribution in [0.25, 0.3) is 0 Å². The van der Waals surface area contributed by atoms with Gasteiger partial charge in [0.05, 0.1) is 16.1 Å². The molecule has 0 atom stereocenters. The number of carbonyl (C=O) groups excluding carboxylic acids is 2. The first kappa shape index (κ1) is 13.0. The number of nitrogens with one attached hydrogen (secondary N) is 1. The molecule has 0 aromatic heterocycles. The fourth-order valence-corrected chi connectivity index (χ4v) is 1.93. The Kier molecular flexibility index (Phi) is 3.17. The number of amides is 2. The Morgan fingerprint density at radius 2 is 1.89 bits per heavy atom. The van der Waals surface area contributed by atoms with Crippen molar-refractivity contribution in [2.75, 3.05) is 25.9 Å². The molecule has 1 aliphatic heterocycles. The van der Waals surface area contributed by atoms with E-state index in [4.69, 9.17) is 5.73 Å². The third-order valence-electron chi connectivity index (χ3n) is 2.90. The van der Waals surface area contributed by atoms with Gasteiger partial charge in [0.1, 0.15) is 5.69 Å². The summed E-state index contributed by atoms with van der Waals surface area (Å²) in [4.78, 5) is 35.1. The number of imide groups is 1. The van der Waals surface area contributed by atoms with Gasteiger partial charge >= 0.3 is 0 Å². The number of benzene rings is 1. The molecule has 1 heterocycles. The summed E-state index contributed by atoms with van der Waals surface area (Å²) in [5.41, 5.74) is 5.17. The molecule has 0 aliphatic carbocycles. The number of nitrogen functional groups attached to an aromatic ring is 1. The molecular weight excluding hydrogens is 252 g/mol. The van der Waals surface area contributed by atoms with E-state index >= 15 is 0 Å². The molecule has 2 amide bonds. The minimum absolute atomic E-state index is 0.0296. The van der Waals surface area contributed by atoms with Gasteiger partial charge < -0.3 is 11.1 Å². The topological polar surface area (TPSA) is 119 Å². The van der Waals surface area contributed by atoms with E-state index in [-0.39, 0.29) is 29.0 Å². The van der Waals surface area contributed by atoms with Crippen molar-refractivity contribution < 1.29 is 14.5 Å². The van der Waals surface area contributed by atoms with Crippen LogP contribution in [0.5, 0.6) is 0 Å². The van der Waals surface area contributed by atoms with Crippen LogP contribution in [0.3, 0.4) is 0 Å². The van der Waals surface area contributed by atoms with Gasteiger partial charge in [-0.2, -0.15) is 0 Å². The summed E-state index contributed by atoms with van der Waals surface area (Å²) in [6, 6.07) is 2.25. The minimum atomic E-state index is -0.677. The van der Waals surface area contributed by atoms with E-state index < -0.39 is 16.7 Å². The normalized spacial score (nSPS) is 13.8. The van der Waals surface area contributed by atoms with Crippen molar-refractivity contribution in [1.82, 2.24) is 10.2 Å². The number of nitrogens with two attached hydrogens (primary N) is 1. The number of anilines is 1. The van der Waals surface area contributed by atoms with Crippen molar-refractivity contribution in [2.45, 2.75) is 0 Å². The standard InChI is InChI=1S/C11H12N4O4/c1-13-2-3-14-10(16)6-4-8(12)9(15(18)19)5-7(6)11(14)17/h4-5,13H,2-3,12H2,1H3. The summed E-state index contributed by atoms with van der Waals surface area (Å²) in [6.45, 7) is 0.652. The summed E-state index contributed by atoms with van der Waals surface area (Å²) in [6.07, 6.45) is 0. The molecule has 0 spiro atoms. The Hall–Kier alpha value is -2.48.